The number of hydrogen-bond acceptors (Lipinski definition) is 5. The van der Waals surface area contributed by atoms with E-state index in [1.807, 2.05) is 0 Å². The molecular weight excluding hydrogens is 326 g/mol. The van der Waals surface area contributed by atoms with Crippen molar-refractivity contribution in [2.75, 3.05) is 5.32 Å². The number of anilines is 1. The summed E-state index contributed by atoms with van der Waals surface area (Å²) in [6, 6.07) is 10.0. The van der Waals surface area contributed by atoms with Gasteiger partial charge in [0.2, 0.25) is 5.91 Å². The van der Waals surface area contributed by atoms with Gasteiger partial charge in [-0.1, -0.05) is 12.1 Å². The van der Waals surface area contributed by atoms with Crippen LogP contribution in [0.25, 0.3) is 0 Å². The van der Waals surface area contributed by atoms with E-state index in [1.165, 1.54) is 13.2 Å². The highest BCUT2D eigenvalue weighted by Crippen LogP contribution is 2.49. The van der Waals surface area contributed by atoms with Gasteiger partial charge in [0.05, 0.1) is 12.8 Å². The molecule has 3 rings (SSSR count). The molecule has 1 saturated heterocycles. The van der Waals surface area contributed by atoms with Crippen molar-refractivity contribution in [2.24, 2.45) is 5.73 Å². The molecule has 4 N–H and O–H groups in total. The number of ether oxygens (including phenoxy) is 1. The highest BCUT2D eigenvalue weighted by atomic mass is 16.6. The monoisotopic (exact) mass is 343 g/mol. The molecule has 0 aliphatic carbocycles. The van der Waals surface area contributed by atoms with E-state index in [0.29, 0.717) is 17.0 Å². The van der Waals surface area contributed by atoms with Crippen LogP contribution in [0.1, 0.15) is 24.4 Å². The fraction of sp³-hybridized carbons (Fsp3) is 0.235. The molecular formula is C17H17N3O5. The van der Waals surface area contributed by atoms with Crippen molar-refractivity contribution >= 4 is 23.4 Å². The van der Waals surface area contributed by atoms with Crippen molar-refractivity contribution in [1.29, 1.82) is 0 Å². The Hall–Kier alpha value is -3.13. The van der Waals surface area contributed by atoms with E-state index in [-0.39, 0.29) is 12.5 Å². The second-order valence-corrected chi connectivity index (χ2v) is 5.66. The SMILES string of the molecule is CC(=O)Nc1ccc([C@@H]2O[C@]2(C(N)=O)C(=O)NCc2ccco2)cc1. The highest BCUT2D eigenvalue weighted by Gasteiger charge is 2.68. The van der Waals surface area contributed by atoms with Crippen molar-refractivity contribution in [3.8, 4) is 0 Å². The Morgan fingerprint density at radius 3 is 2.48 bits per heavy atom. The Morgan fingerprint density at radius 1 is 1.20 bits per heavy atom. The first-order valence-corrected chi connectivity index (χ1v) is 7.59. The molecule has 1 fully saturated rings. The normalized spacial score (nSPS) is 21.4. The molecule has 1 aromatic heterocycles. The zero-order valence-corrected chi connectivity index (χ0v) is 13.4. The first-order valence-electron chi connectivity index (χ1n) is 7.59. The maximum atomic E-state index is 12.4. The number of nitrogens with one attached hydrogen (secondary N) is 2. The van der Waals surface area contributed by atoms with Gasteiger partial charge in [-0.25, -0.2) is 0 Å². The zero-order chi connectivity index (χ0) is 18.0. The number of carbonyl (C=O) groups excluding carboxylic acids is 3. The summed E-state index contributed by atoms with van der Waals surface area (Å²) in [6.45, 7) is 1.53. The lowest BCUT2D eigenvalue weighted by atomic mass is 9.97. The first-order chi connectivity index (χ1) is 11.9. The van der Waals surface area contributed by atoms with Gasteiger partial charge in [0.25, 0.3) is 17.4 Å². The lowest BCUT2D eigenvalue weighted by Crippen LogP contribution is -2.46. The molecule has 130 valence electrons. The van der Waals surface area contributed by atoms with E-state index in [9.17, 15) is 14.4 Å². The summed E-state index contributed by atoms with van der Waals surface area (Å²) in [4.78, 5) is 35.3. The Bertz CT molecular complexity index is 800. The molecule has 2 aromatic rings. The van der Waals surface area contributed by atoms with Crippen molar-refractivity contribution in [3.63, 3.8) is 0 Å². The number of primary amides is 1. The third-order valence-corrected chi connectivity index (χ3v) is 3.86. The summed E-state index contributed by atoms with van der Waals surface area (Å²) in [7, 11) is 0. The van der Waals surface area contributed by atoms with Crippen molar-refractivity contribution < 1.29 is 23.5 Å². The molecule has 2 heterocycles. The molecule has 8 heteroatoms. The van der Waals surface area contributed by atoms with Crippen LogP contribution in [-0.4, -0.2) is 23.3 Å². The van der Waals surface area contributed by atoms with E-state index >= 15 is 0 Å². The smallest absolute Gasteiger partial charge is 0.265 e. The number of amides is 3. The number of nitrogens with two attached hydrogens (primary N) is 1. The lowest BCUT2D eigenvalue weighted by Gasteiger charge is -2.10. The quantitative estimate of drug-likeness (QED) is 0.529. The van der Waals surface area contributed by atoms with Gasteiger partial charge in [-0.2, -0.15) is 0 Å². The fourth-order valence-electron chi connectivity index (χ4n) is 2.58. The molecule has 0 radical (unpaired) electrons. The van der Waals surface area contributed by atoms with Gasteiger partial charge in [0.1, 0.15) is 11.9 Å². The standard InChI is InChI=1S/C17H17N3O5/c1-10(21)20-12-6-4-11(5-7-12)14-17(25-14,15(18)22)16(23)19-9-13-3-2-8-24-13/h2-8,14H,9H2,1H3,(H2,18,22)(H,19,23)(H,20,21)/t14-,17+/m0/s1. The maximum absolute atomic E-state index is 12.4. The minimum absolute atomic E-state index is 0.123. The predicted molar refractivity (Wildman–Crippen MR) is 87.1 cm³/mol. The fourth-order valence-corrected chi connectivity index (χ4v) is 2.58. The second-order valence-electron chi connectivity index (χ2n) is 5.66. The first kappa shape index (κ1) is 16.7. The third-order valence-electron chi connectivity index (χ3n) is 3.86. The van der Waals surface area contributed by atoms with Gasteiger partial charge in [-0.3, -0.25) is 14.4 Å². The molecule has 3 amide bonds. The second kappa shape index (κ2) is 6.40. The number of rotatable bonds is 6. The number of carbonyl (C=O) groups is 3. The molecule has 2 atom stereocenters. The zero-order valence-electron chi connectivity index (χ0n) is 13.4. The molecule has 0 spiro atoms. The summed E-state index contributed by atoms with van der Waals surface area (Å²) in [5, 5.41) is 5.22. The summed E-state index contributed by atoms with van der Waals surface area (Å²) in [6.07, 6.45) is 0.714. The van der Waals surface area contributed by atoms with Gasteiger partial charge in [0, 0.05) is 12.6 Å². The number of epoxide rings is 1. The van der Waals surface area contributed by atoms with Crippen molar-refractivity contribution in [2.45, 2.75) is 25.2 Å². The van der Waals surface area contributed by atoms with Crippen LogP contribution in [0.2, 0.25) is 0 Å². The average molecular weight is 343 g/mol. The van der Waals surface area contributed by atoms with Crippen LogP contribution in [0.4, 0.5) is 5.69 Å². The van der Waals surface area contributed by atoms with Crippen LogP contribution < -0.4 is 16.4 Å². The molecule has 0 saturated carbocycles. The van der Waals surface area contributed by atoms with Gasteiger partial charge in [0.15, 0.2) is 0 Å². The number of benzene rings is 1. The van der Waals surface area contributed by atoms with Crippen LogP contribution in [0, 0.1) is 0 Å². The molecule has 1 aliphatic heterocycles. The van der Waals surface area contributed by atoms with Gasteiger partial charge < -0.3 is 25.5 Å². The summed E-state index contributed by atoms with van der Waals surface area (Å²) in [5.41, 5.74) is 4.88. The Labute approximate surface area is 143 Å². The molecule has 8 nitrogen and oxygen atoms in total. The number of hydrogen-bond donors (Lipinski definition) is 3. The minimum Gasteiger partial charge on any atom is -0.467 e. The lowest BCUT2D eigenvalue weighted by molar-refractivity contribution is -0.135. The van der Waals surface area contributed by atoms with E-state index in [2.05, 4.69) is 10.6 Å². The summed E-state index contributed by atoms with van der Waals surface area (Å²) < 4.78 is 10.5. The maximum Gasteiger partial charge on any atom is 0.265 e. The van der Waals surface area contributed by atoms with Gasteiger partial charge >= 0.3 is 0 Å². The molecule has 1 aliphatic rings. The van der Waals surface area contributed by atoms with Gasteiger partial charge in [-0.05, 0) is 29.8 Å². The molecule has 0 unspecified atom stereocenters. The van der Waals surface area contributed by atoms with Crippen LogP contribution in [0.5, 0.6) is 0 Å². The van der Waals surface area contributed by atoms with Crippen molar-refractivity contribution in [3.05, 3.63) is 54.0 Å². The van der Waals surface area contributed by atoms with Crippen molar-refractivity contribution in [1.82, 2.24) is 5.32 Å². The van der Waals surface area contributed by atoms with E-state index < -0.39 is 23.5 Å². The number of furan rings is 1. The van der Waals surface area contributed by atoms with Crippen LogP contribution in [0.3, 0.4) is 0 Å². The van der Waals surface area contributed by atoms with E-state index in [4.69, 9.17) is 14.9 Å². The minimum atomic E-state index is -1.73. The van der Waals surface area contributed by atoms with Crippen LogP contribution in [0.15, 0.2) is 47.1 Å². The summed E-state index contributed by atoms with van der Waals surface area (Å²) in [5.74, 6) is -1.13. The Balaban J connectivity index is 1.71. The largest absolute Gasteiger partial charge is 0.467 e. The predicted octanol–water partition coefficient (Wildman–Crippen LogP) is 0.850. The van der Waals surface area contributed by atoms with E-state index in [0.717, 1.165) is 0 Å². The summed E-state index contributed by atoms with van der Waals surface area (Å²) >= 11 is 0. The molecule has 1 aromatic carbocycles. The third kappa shape index (κ3) is 3.24. The average Bonchev–Trinajstić information content (AvgIpc) is 3.12. The van der Waals surface area contributed by atoms with E-state index in [1.54, 1.807) is 36.4 Å². The van der Waals surface area contributed by atoms with Crippen LogP contribution >= 0.6 is 0 Å². The van der Waals surface area contributed by atoms with Crippen LogP contribution in [-0.2, 0) is 25.7 Å². The Kier molecular flexibility index (Phi) is 4.28. The topological polar surface area (TPSA) is 127 Å². The highest BCUT2D eigenvalue weighted by molar-refractivity contribution is 6.11. The molecule has 25 heavy (non-hydrogen) atoms. The molecule has 0 bridgehead atoms. The van der Waals surface area contributed by atoms with Gasteiger partial charge in [-0.15, -0.1) is 0 Å². The Morgan fingerprint density at radius 2 is 1.92 bits per heavy atom.